The maximum Gasteiger partial charge on any atom is 0.180 e. The number of rotatable bonds is 9. The van der Waals surface area contributed by atoms with Gasteiger partial charge in [-0.1, -0.05) is 53.5 Å². The SMILES string of the molecule is COc1ccccc1CNCc1cc(Cl)c(OCc2cccc(Cl)c2)c(OC)c1. The Labute approximate surface area is 181 Å². The van der Waals surface area contributed by atoms with E-state index >= 15 is 0 Å². The third-order valence-electron chi connectivity index (χ3n) is 4.40. The van der Waals surface area contributed by atoms with Crippen LogP contribution in [0.1, 0.15) is 16.7 Å². The summed E-state index contributed by atoms with van der Waals surface area (Å²) >= 11 is 12.5. The molecule has 0 bridgehead atoms. The maximum absolute atomic E-state index is 6.48. The molecular formula is C23H23Cl2NO3. The summed E-state index contributed by atoms with van der Waals surface area (Å²) in [5, 5.41) is 4.57. The molecule has 3 aromatic rings. The second-order valence-electron chi connectivity index (χ2n) is 6.44. The van der Waals surface area contributed by atoms with E-state index in [0.29, 0.717) is 41.2 Å². The summed E-state index contributed by atoms with van der Waals surface area (Å²) in [6, 6.07) is 19.2. The van der Waals surface area contributed by atoms with Crippen LogP contribution in [0.15, 0.2) is 60.7 Å². The van der Waals surface area contributed by atoms with Gasteiger partial charge < -0.3 is 19.5 Å². The topological polar surface area (TPSA) is 39.7 Å². The Morgan fingerprint density at radius 3 is 2.34 bits per heavy atom. The predicted octanol–water partition coefficient (Wildman–Crippen LogP) is 5.88. The summed E-state index contributed by atoms with van der Waals surface area (Å²) in [5.41, 5.74) is 3.05. The van der Waals surface area contributed by atoms with Gasteiger partial charge in [-0.05, 0) is 41.5 Å². The fourth-order valence-corrected chi connectivity index (χ4v) is 3.49. The van der Waals surface area contributed by atoms with E-state index in [4.69, 9.17) is 37.4 Å². The number of methoxy groups -OCH3 is 2. The second kappa shape index (κ2) is 10.4. The van der Waals surface area contributed by atoms with Crippen molar-refractivity contribution >= 4 is 23.2 Å². The minimum absolute atomic E-state index is 0.349. The number of benzene rings is 3. The lowest BCUT2D eigenvalue weighted by atomic mass is 10.1. The molecule has 0 aliphatic heterocycles. The Morgan fingerprint density at radius 1 is 0.793 bits per heavy atom. The first kappa shape index (κ1) is 21.3. The fourth-order valence-electron chi connectivity index (χ4n) is 2.99. The lowest BCUT2D eigenvalue weighted by Crippen LogP contribution is -2.13. The summed E-state index contributed by atoms with van der Waals surface area (Å²) < 4.78 is 16.8. The van der Waals surface area contributed by atoms with Crippen molar-refractivity contribution in [1.82, 2.24) is 5.32 Å². The summed E-state index contributed by atoms with van der Waals surface area (Å²) in [7, 11) is 3.27. The minimum Gasteiger partial charge on any atom is -0.496 e. The monoisotopic (exact) mass is 431 g/mol. The molecule has 0 heterocycles. The van der Waals surface area contributed by atoms with E-state index in [2.05, 4.69) is 5.32 Å². The average Bonchev–Trinajstić information content (AvgIpc) is 2.73. The Hall–Kier alpha value is -2.40. The van der Waals surface area contributed by atoms with E-state index in [1.165, 1.54) is 0 Å². The van der Waals surface area contributed by atoms with Crippen molar-refractivity contribution in [1.29, 1.82) is 0 Å². The molecule has 3 rings (SSSR count). The van der Waals surface area contributed by atoms with Gasteiger partial charge in [0.1, 0.15) is 12.4 Å². The molecule has 0 amide bonds. The molecule has 0 radical (unpaired) electrons. The van der Waals surface area contributed by atoms with Gasteiger partial charge in [-0.15, -0.1) is 0 Å². The quantitative estimate of drug-likeness (QED) is 0.459. The Balaban J connectivity index is 1.66. The molecule has 1 N–H and O–H groups in total. The molecule has 0 saturated heterocycles. The number of nitrogens with one attached hydrogen (secondary N) is 1. The van der Waals surface area contributed by atoms with E-state index in [-0.39, 0.29) is 0 Å². The Kier molecular flexibility index (Phi) is 7.64. The molecule has 0 atom stereocenters. The standard InChI is InChI=1S/C23H23Cl2NO3/c1-27-21-9-4-3-7-18(21)14-26-13-17-11-20(25)23(22(12-17)28-2)29-15-16-6-5-8-19(24)10-16/h3-12,26H,13-15H2,1-2H3. The van der Waals surface area contributed by atoms with Crippen LogP contribution in [-0.2, 0) is 19.7 Å². The fraction of sp³-hybridized carbons (Fsp3) is 0.217. The highest BCUT2D eigenvalue weighted by Gasteiger charge is 2.13. The van der Waals surface area contributed by atoms with Crippen LogP contribution in [0, 0.1) is 0 Å². The van der Waals surface area contributed by atoms with Gasteiger partial charge in [0, 0.05) is 23.7 Å². The van der Waals surface area contributed by atoms with Crippen molar-refractivity contribution in [2.75, 3.05) is 14.2 Å². The minimum atomic E-state index is 0.349. The van der Waals surface area contributed by atoms with Crippen LogP contribution in [0.3, 0.4) is 0 Å². The zero-order valence-electron chi connectivity index (χ0n) is 16.4. The van der Waals surface area contributed by atoms with Crippen molar-refractivity contribution in [2.24, 2.45) is 0 Å². The van der Waals surface area contributed by atoms with Gasteiger partial charge in [0.15, 0.2) is 11.5 Å². The van der Waals surface area contributed by atoms with Gasteiger partial charge in [0.05, 0.1) is 19.2 Å². The van der Waals surface area contributed by atoms with Crippen LogP contribution >= 0.6 is 23.2 Å². The highest BCUT2D eigenvalue weighted by molar-refractivity contribution is 6.32. The van der Waals surface area contributed by atoms with Crippen LogP contribution in [0.25, 0.3) is 0 Å². The van der Waals surface area contributed by atoms with Gasteiger partial charge in [-0.2, -0.15) is 0 Å². The number of hydrogen-bond donors (Lipinski definition) is 1. The zero-order valence-corrected chi connectivity index (χ0v) is 17.9. The molecule has 0 fully saturated rings. The number of para-hydroxylation sites is 1. The van der Waals surface area contributed by atoms with Gasteiger partial charge >= 0.3 is 0 Å². The first-order valence-electron chi connectivity index (χ1n) is 9.17. The third-order valence-corrected chi connectivity index (χ3v) is 4.91. The first-order valence-corrected chi connectivity index (χ1v) is 9.92. The van der Waals surface area contributed by atoms with Crippen LogP contribution in [-0.4, -0.2) is 14.2 Å². The highest BCUT2D eigenvalue weighted by Crippen LogP contribution is 2.37. The van der Waals surface area contributed by atoms with Gasteiger partial charge in [-0.25, -0.2) is 0 Å². The first-order chi connectivity index (χ1) is 14.1. The highest BCUT2D eigenvalue weighted by atomic mass is 35.5. The zero-order chi connectivity index (χ0) is 20.6. The van der Waals surface area contributed by atoms with E-state index in [0.717, 1.165) is 22.4 Å². The van der Waals surface area contributed by atoms with E-state index in [9.17, 15) is 0 Å². The van der Waals surface area contributed by atoms with Crippen molar-refractivity contribution < 1.29 is 14.2 Å². The average molecular weight is 432 g/mol. The molecule has 152 valence electrons. The number of hydrogen-bond acceptors (Lipinski definition) is 4. The summed E-state index contributed by atoms with van der Waals surface area (Å²) in [6.45, 7) is 1.65. The molecular weight excluding hydrogens is 409 g/mol. The smallest absolute Gasteiger partial charge is 0.180 e. The van der Waals surface area contributed by atoms with Crippen molar-refractivity contribution in [2.45, 2.75) is 19.7 Å². The number of halogens is 2. The largest absolute Gasteiger partial charge is 0.496 e. The molecule has 0 aromatic heterocycles. The van der Waals surface area contributed by atoms with Crippen LogP contribution in [0.4, 0.5) is 0 Å². The predicted molar refractivity (Wildman–Crippen MR) is 117 cm³/mol. The Bertz CT molecular complexity index is 963. The number of ether oxygens (including phenoxy) is 3. The molecule has 4 nitrogen and oxygen atoms in total. The molecule has 3 aromatic carbocycles. The normalized spacial score (nSPS) is 10.6. The lowest BCUT2D eigenvalue weighted by molar-refractivity contribution is 0.284. The van der Waals surface area contributed by atoms with Crippen LogP contribution < -0.4 is 19.5 Å². The maximum atomic E-state index is 6.48. The lowest BCUT2D eigenvalue weighted by Gasteiger charge is -2.15. The van der Waals surface area contributed by atoms with Crippen molar-refractivity contribution in [3.05, 3.63) is 87.4 Å². The molecule has 0 saturated carbocycles. The molecule has 0 unspecified atom stereocenters. The van der Waals surface area contributed by atoms with E-state index < -0.39 is 0 Å². The van der Waals surface area contributed by atoms with Crippen molar-refractivity contribution in [3.63, 3.8) is 0 Å². The molecule has 0 spiro atoms. The van der Waals surface area contributed by atoms with Crippen LogP contribution in [0.2, 0.25) is 10.0 Å². The second-order valence-corrected chi connectivity index (χ2v) is 7.29. The van der Waals surface area contributed by atoms with Crippen LogP contribution in [0.5, 0.6) is 17.2 Å². The molecule has 0 aliphatic rings. The summed E-state index contributed by atoms with van der Waals surface area (Å²) in [5.74, 6) is 1.97. The third kappa shape index (κ3) is 5.80. The van der Waals surface area contributed by atoms with Gasteiger partial charge in [-0.3, -0.25) is 0 Å². The Morgan fingerprint density at radius 2 is 1.59 bits per heavy atom. The summed E-state index contributed by atoms with van der Waals surface area (Å²) in [4.78, 5) is 0. The summed E-state index contributed by atoms with van der Waals surface area (Å²) in [6.07, 6.45) is 0. The van der Waals surface area contributed by atoms with E-state index in [1.54, 1.807) is 14.2 Å². The van der Waals surface area contributed by atoms with Gasteiger partial charge in [0.2, 0.25) is 0 Å². The molecule has 29 heavy (non-hydrogen) atoms. The van der Waals surface area contributed by atoms with Gasteiger partial charge in [0.25, 0.3) is 0 Å². The van der Waals surface area contributed by atoms with Crippen molar-refractivity contribution in [3.8, 4) is 17.2 Å². The molecule has 6 heteroatoms. The van der Waals surface area contributed by atoms with E-state index in [1.807, 2.05) is 60.7 Å². The molecule has 0 aliphatic carbocycles.